The molecule has 4 heteroatoms. The van der Waals surface area contributed by atoms with Gasteiger partial charge in [-0.25, -0.2) is 0 Å². The van der Waals surface area contributed by atoms with Gasteiger partial charge in [0.2, 0.25) is 0 Å². The van der Waals surface area contributed by atoms with Gasteiger partial charge in [0.25, 0.3) is 0 Å². The Morgan fingerprint density at radius 2 is 2.62 bits per heavy atom. The van der Waals surface area contributed by atoms with Gasteiger partial charge >= 0.3 is 0 Å². The van der Waals surface area contributed by atoms with Crippen molar-refractivity contribution in [3.63, 3.8) is 0 Å². The van der Waals surface area contributed by atoms with Crippen molar-refractivity contribution in [1.82, 2.24) is 15.2 Å². The van der Waals surface area contributed by atoms with E-state index in [1.807, 2.05) is 11.7 Å². The molecule has 2 heterocycles. The molecule has 2 rings (SSSR count). The Morgan fingerprint density at radius 3 is 3.38 bits per heavy atom. The number of nitrogens with one attached hydrogen (secondary N) is 1. The third kappa shape index (κ3) is 2.07. The van der Waals surface area contributed by atoms with Crippen molar-refractivity contribution in [3.05, 3.63) is 16.6 Å². The number of hydrogen-bond donors (Lipinski definition) is 1. The van der Waals surface area contributed by atoms with E-state index < -0.39 is 0 Å². The summed E-state index contributed by atoms with van der Waals surface area (Å²) in [5.41, 5.74) is 1.91. The van der Waals surface area contributed by atoms with E-state index in [1.165, 1.54) is 17.8 Å². The Hall–Kier alpha value is -0.450. The molecular formula is C9H15N3S. The van der Waals surface area contributed by atoms with Gasteiger partial charge in [0, 0.05) is 17.6 Å². The Morgan fingerprint density at radius 1 is 1.69 bits per heavy atom. The number of rotatable bonds is 1. The third-order valence-electron chi connectivity index (χ3n) is 2.51. The average Bonchev–Trinajstić information content (AvgIpc) is 2.56. The molecule has 1 aliphatic rings. The van der Waals surface area contributed by atoms with Gasteiger partial charge in [-0.05, 0) is 26.6 Å². The van der Waals surface area contributed by atoms with Crippen LogP contribution in [0.4, 0.5) is 0 Å². The Labute approximate surface area is 82.8 Å². The summed E-state index contributed by atoms with van der Waals surface area (Å²) >= 11 is 1.75. The van der Waals surface area contributed by atoms with Gasteiger partial charge in [0.15, 0.2) is 0 Å². The first kappa shape index (κ1) is 9.12. The zero-order valence-electron chi connectivity index (χ0n) is 7.86. The fourth-order valence-corrected chi connectivity index (χ4v) is 2.50. The van der Waals surface area contributed by atoms with Crippen LogP contribution in [0.5, 0.6) is 0 Å². The largest absolute Gasteiger partial charge is 0.315 e. The van der Waals surface area contributed by atoms with Crippen molar-refractivity contribution in [1.29, 1.82) is 0 Å². The van der Waals surface area contributed by atoms with E-state index in [9.17, 15) is 0 Å². The summed E-state index contributed by atoms with van der Waals surface area (Å²) in [4.78, 5) is 7.91. The summed E-state index contributed by atoms with van der Waals surface area (Å²) in [6, 6.07) is 0.523. The molecule has 1 aliphatic heterocycles. The van der Waals surface area contributed by atoms with Crippen LogP contribution in [0.2, 0.25) is 0 Å². The van der Waals surface area contributed by atoms with E-state index in [2.05, 4.69) is 22.2 Å². The highest BCUT2D eigenvalue weighted by molar-refractivity contribution is 7.09. The maximum absolute atomic E-state index is 4.13. The predicted octanol–water partition coefficient (Wildman–Crippen LogP) is 1.11. The Balaban J connectivity index is 2.11. The normalized spacial score (nSPS) is 25.8. The van der Waals surface area contributed by atoms with Crippen molar-refractivity contribution >= 4 is 11.3 Å². The lowest BCUT2D eigenvalue weighted by Crippen LogP contribution is -2.28. The SMILES string of the molecule is CN1CCCNCC1c1cncs1. The Bertz CT molecular complexity index is 247. The molecule has 1 atom stereocenters. The number of nitrogens with zero attached hydrogens (tertiary/aromatic N) is 2. The van der Waals surface area contributed by atoms with Gasteiger partial charge in [-0.1, -0.05) is 0 Å². The standard InChI is InChI=1S/C9H15N3S/c1-12-4-2-3-10-5-8(12)9-6-11-7-13-9/h6-8,10H,2-5H2,1H3. The van der Waals surface area contributed by atoms with Crippen LogP contribution in [0.15, 0.2) is 11.7 Å². The average molecular weight is 197 g/mol. The zero-order chi connectivity index (χ0) is 9.10. The van der Waals surface area contributed by atoms with Crippen LogP contribution in [-0.2, 0) is 0 Å². The molecule has 0 saturated carbocycles. The van der Waals surface area contributed by atoms with Crippen molar-refractivity contribution in [2.24, 2.45) is 0 Å². The van der Waals surface area contributed by atoms with Crippen LogP contribution in [0.1, 0.15) is 17.3 Å². The molecule has 0 amide bonds. The van der Waals surface area contributed by atoms with Crippen LogP contribution in [0.25, 0.3) is 0 Å². The minimum atomic E-state index is 0.523. The molecule has 1 saturated heterocycles. The van der Waals surface area contributed by atoms with Crippen LogP contribution in [-0.4, -0.2) is 36.6 Å². The summed E-state index contributed by atoms with van der Waals surface area (Å²) in [7, 11) is 2.19. The van der Waals surface area contributed by atoms with Crippen LogP contribution in [0.3, 0.4) is 0 Å². The van der Waals surface area contributed by atoms with E-state index in [4.69, 9.17) is 0 Å². The van der Waals surface area contributed by atoms with Crippen molar-refractivity contribution in [2.45, 2.75) is 12.5 Å². The van der Waals surface area contributed by atoms with Crippen LogP contribution in [0, 0.1) is 0 Å². The molecule has 0 radical (unpaired) electrons. The van der Waals surface area contributed by atoms with Gasteiger partial charge in [-0.2, -0.15) is 0 Å². The summed E-state index contributed by atoms with van der Waals surface area (Å²) in [6.45, 7) is 3.37. The first-order valence-electron chi connectivity index (χ1n) is 4.67. The zero-order valence-corrected chi connectivity index (χ0v) is 8.68. The maximum atomic E-state index is 4.13. The number of likely N-dealkylation sites (N-methyl/N-ethyl adjacent to an activating group) is 1. The molecule has 0 aromatic carbocycles. The second-order valence-electron chi connectivity index (χ2n) is 3.46. The Kier molecular flexibility index (Phi) is 2.93. The molecule has 1 N–H and O–H groups in total. The van der Waals surface area contributed by atoms with Gasteiger partial charge in [-0.3, -0.25) is 9.88 Å². The lowest BCUT2D eigenvalue weighted by atomic mass is 10.2. The molecule has 13 heavy (non-hydrogen) atoms. The quantitative estimate of drug-likeness (QED) is 0.731. The molecule has 1 fully saturated rings. The lowest BCUT2D eigenvalue weighted by molar-refractivity contribution is 0.265. The minimum Gasteiger partial charge on any atom is -0.315 e. The monoisotopic (exact) mass is 197 g/mol. The highest BCUT2D eigenvalue weighted by Crippen LogP contribution is 2.23. The second kappa shape index (κ2) is 4.17. The summed E-state index contributed by atoms with van der Waals surface area (Å²) < 4.78 is 0. The van der Waals surface area contributed by atoms with Gasteiger partial charge in [-0.15, -0.1) is 11.3 Å². The van der Waals surface area contributed by atoms with Crippen LogP contribution < -0.4 is 5.32 Å². The van der Waals surface area contributed by atoms with Gasteiger partial charge in [0.1, 0.15) is 0 Å². The molecule has 0 bridgehead atoms. The van der Waals surface area contributed by atoms with Crippen molar-refractivity contribution in [3.8, 4) is 0 Å². The highest BCUT2D eigenvalue weighted by Gasteiger charge is 2.19. The summed E-state index contributed by atoms with van der Waals surface area (Å²) in [6.07, 6.45) is 3.23. The molecule has 0 spiro atoms. The summed E-state index contributed by atoms with van der Waals surface area (Å²) in [5, 5.41) is 3.45. The van der Waals surface area contributed by atoms with Crippen molar-refractivity contribution < 1.29 is 0 Å². The fraction of sp³-hybridized carbons (Fsp3) is 0.667. The van der Waals surface area contributed by atoms with Crippen LogP contribution >= 0.6 is 11.3 Å². The number of thiazole rings is 1. The van der Waals surface area contributed by atoms with Gasteiger partial charge < -0.3 is 5.32 Å². The molecule has 1 aromatic rings. The minimum absolute atomic E-state index is 0.523. The van der Waals surface area contributed by atoms with E-state index in [-0.39, 0.29) is 0 Å². The smallest absolute Gasteiger partial charge is 0.0794 e. The first-order chi connectivity index (χ1) is 6.38. The molecule has 1 aromatic heterocycles. The second-order valence-corrected chi connectivity index (χ2v) is 4.38. The maximum Gasteiger partial charge on any atom is 0.0794 e. The molecule has 1 unspecified atom stereocenters. The molecule has 72 valence electrons. The molecular weight excluding hydrogens is 182 g/mol. The fourth-order valence-electron chi connectivity index (χ4n) is 1.71. The van der Waals surface area contributed by atoms with E-state index >= 15 is 0 Å². The molecule has 0 aliphatic carbocycles. The molecule has 3 nitrogen and oxygen atoms in total. The van der Waals surface area contributed by atoms with E-state index in [0.717, 1.165) is 13.1 Å². The van der Waals surface area contributed by atoms with E-state index in [1.54, 1.807) is 11.3 Å². The number of aromatic nitrogens is 1. The van der Waals surface area contributed by atoms with Gasteiger partial charge in [0.05, 0.1) is 11.6 Å². The topological polar surface area (TPSA) is 28.2 Å². The third-order valence-corrected chi connectivity index (χ3v) is 3.39. The number of hydrogen-bond acceptors (Lipinski definition) is 4. The lowest BCUT2D eigenvalue weighted by Gasteiger charge is -2.23. The highest BCUT2D eigenvalue weighted by atomic mass is 32.1. The predicted molar refractivity (Wildman–Crippen MR) is 55.0 cm³/mol. The summed E-state index contributed by atoms with van der Waals surface area (Å²) in [5.74, 6) is 0. The van der Waals surface area contributed by atoms with E-state index in [0.29, 0.717) is 6.04 Å². The van der Waals surface area contributed by atoms with Crippen molar-refractivity contribution in [2.75, 3.05) is 26.7 Å². The first-order valence-corrected chi connectivity index (χ1v) is 5.55.